The highest BCUT2D eigenvalue weighted by molar-refractivity contribution is 5.77. The minimum absolute atomic E-state index is 0.150. The molecule has 0 atom stereocenters. The van der Waals surface area contributed by atoms with Gasteiger partial charge in [-0.25, -0.2) is 0 Å². The summed E-state index contributed by atoms with van der Waals surface area (Å²) in [7, 11) is 1.47. The lowest BCUT2D eigenvalue weighted by molar-refractivity contribution is -0.150. The van der Waals surface area contributed by atoms with Crippen LogP contribution in [-0.2, 0) is 4.79 Å². The molecule has 0 fully saturated rings. The molecule has 0 aromatic carbocycles. The van der Waals surface area contributed by atoms with Crippen molar-refractivity contribution in [3.63, 3.8) is 0 Å². The second-order valence-corrected chi connectivity index (χ2v) is 3.64. The Bertz CT molecular complexity index is 286. The van der Waals surface area contributed by atoms with Crippen LogP contribution in [0.4, 0.5) is 13.2 Å². The summed E-state index contributed by atoms with van der Waals surface area (Å²) in [5.74, 6) is -0.411. The second-order valence-electron chi connectivity index (χ2n) is 3.64. The molecule has 0 aliphatic heterocycles. The number of hydrogen-bond donors (Lipinski definition) is 0. The van der Waals surface area contributed by atoms with E-state index in [0.29, 0.717) is 0 Å². The highest BCUT2D eigenvalue weighted by Crippen LogP contribution is 2.16. The van der Waals surface area contributed by atoms with Crippen molar-refractivity contribution >= 4 is 5.91 Å². The van der Waals surface area contributed by atoms with Gasteiger partial charge < -0.3 is 4.90 Å². The van der Waals surface area contributed by atoms with Gasteiger partial charge in [0.2, 0.25) is 5.91 Å². The number of halogens is 3. The molecule has 4 nitrogen and oxygen atoms in total. The topological polar surface area (TPSA) is 47.3 Å². The third kappa shape index (κ3) is 7.58. The van der Waals surface area contributed by atoms with Gasteiger partial charge >= 0.3 is 6.18 Å². The van der Waals surface area contributed by atoms with Crippen molar-refractivity contribution in [1.82, 2.24) is 9.80 Å². The Labute approximate surface area is 98.6 Å². The summed E-state index contributed by atoms with van der Waals surface area (Å²) >= 11 is 0. The third-order valence-electron chi connectivity index (χ3n) is 2.19. The van der Waals surface area contributed by atoms with Crippen molar-refractivity contribution in [3.05, 3.63) is 0 Å². The number of amides is 1. The van der Waals surface area contributed by atoms with Crippen molar-refractivity contribution in [2.75, 3.05) is 33.2 Å². The Balaban J connectivity index is 4.19. The second kappa shape index (κ2) is 7.12. The molecule has 0 N–H and O–H groups in total. The highest BCUT2D eigenvalue weighted by atomic mass is 19.4. The van der Waals surface area contributed by atoms with Crippen LogP contribution in [0.25, 0.3) is 0 Å². The van der Waals surface area contributed by atoms with E-state index in [1.807, 2.05) is 6.07 Å². The zero-order chi connectivity index (χ0) is 13.5. The van der Waals surface area contributed by atoms with Crippen molar-refractivity contribution in [3.8, 4) is 6.07 Å². The van der Waals surface area contributed by atoms with Crippen molar-refractivity contribution in [1.29, 1.82) is 5.26 Å². The van der Waals surface area contributed by atoms with E-state index in [1.165, 1.54) is 11.9 Å². The van der Waals surface area contributed by atoms with Crippen LogP contribution >= 0.6 is 0 Å². The fraction of sp³-hybridized carbons (Fsp3) is 0.800. The molecule has 17 heavy (non-hydrogen) atoms. The average Bonchev–Trinajstić information content (AvgIpc) is 2.22. The summed E-state index contributed by atoms with van der Waals surface area (Å²) in [6.45, 7) is 0.573. The predicted molar refractivity (Wildman–Crippen MR) is 56.0 cm³/mol. The minimum Gasteiger partial charge on any atom is -0.344 e. The summed E-state index contributed by atoms with van der Waals surface area (Å²) in [5.41, 5.74) is 0. The fourth-order valence-electron chi connectivity index (χ4n) is 1.19. The maximum Gasteiger partial charge on any atom is 0.401 e. The van der Waals surface area contributed by atoms with Crippen molar-refractivity contribution in [2.24, 2.45) is 0 Å². The monoisotopic (exact) mass is 251 g/mol. The van der Waals surface area contributed by atoms with Gasteiger partial charge in [0.15, 0.2) is 0 Å². The molecule has 0 bridgehead atoms. The van der Waals surface area contributed by atoms with Gasteiger partial charge in [0, 0.05) is 13.6 Å². The van der Waals surface area contributed by atoms with Gasteiger partial charge in [-0.2, -0.15) is 18.4 Å². The number of alkyl halides is 3. The number of hydrogen-bond acceptors (Lipinski definition) is 3. The van der Waals surface area contributed by atoms with Crippen LogP contribution in [-0.4, -0.2) is 55.1 Å². The lowest BCUT2D eigenvalue weighted by Crippen LogP contribution is -2.42. The molecule has 0 unspecified atom stereocenters. The van der Waals surface area contributed by atoms with Gasteiger partial charge in [0.25, 0.3) is 0 Å². The SMILES string of the molecule is CCN(CC(=O)N(C)CCC#N)CC(F)(F)F. The molecule has 98 valence electrons. The van der Waals surface area contributed by atoms with E-state index < -0.39 is 18.6 Å². The predicted octanol–water partition coefficient (Wildman–Crippen LogP) is 1.24. The van der Waals surface area contributed by atoms with Gasteiger partial charge in [-0.05, 0) is 6.54 Å². The molecule has 0 aromatic heterocycles. The summed E-state index contributed by atoms with van der Waals surface area (Å²) in [6.07, 6.45) is -4.13. The quantitative estimate of drug-likeness (QED) is 0.713. The molecule has 0 radical (unpaired) electrons. The van der Waals surface area contributed by atoms with Crippen molar-refractivity contribution < 1.29 is 18.0 Å². The molecule has 0 rings (SSSR count). The third-order valence-corrected chi connectivity index (χ3v) is 2.19. The Morgan fingerprint density at radius 2 is 2.00 bits per heavy atom. The summed E-state index contributed by atoms with van der Waals surface area (Å²) < 4.78 is 36.4. The van der Waals surface area contributed by atoms with E-state index in [-0.39, 0.29) is 26.1 Å². The van der Waals surface area contributed by atoms with E-state index in [4.69, 9.17) is 5.26 Å². The number of rotatable bonds is 6. The molecular weight excluding hydrogens is 235 g/mol. The maximum absolute atomic E-state index is 12.1. The van der Waals surface area contributed by atoms with Crippen LogP contribution in [0, 0.1) is 11.3 Å². The summed E-state index contributed by atoms with van der Waals surface area (Å²) in [5, 5.41) is 8.33. The van der Waals surface area contributed by atoms with E-state index >= 15 is 0 Å². The van der Waals surface area contributed by atoms with Gasteiger partial charge in [0.05, 0.1) is 25.6 Å². The number of carbonyl (C=O) groups excluding carboxylic acids is 1. The first-order chi connectivity index (χ1) is 7.80. The minimum atomic E-state index is -4.30. The van der Waals surface area contributed by atoms with E-state index in [1.54, 1.807) is 6.92 Å². The van der Waals surface area contributed by atoms with E-state index in [2.05, 4.69) is 0 Å². The Kier molecular flexibility index (Phi) is 6.58. The van der Waals surface area contributed by atoms with E-state index in [0.717, 1.165) is 4.90 Å². The lowest BCUT2D eigenvalue weighted by atomic mass is 10.3. The molecule has 0 heterocycles. The van der Waals surface area contributed by atoms with Crippen LogP contribution in [0.1, 0.15) is 13.3 Å². The molecule has 7 heteroatoms. The lowest BCUT2D eigenvalue weighted by Gasteiger charge is -2.24. The van der Waals surface area contributed by atoms with Crippen LogP contribution < -0.4 is 0 Å². The summed E-state index contributed by atoms with van der Waals surface area (Å²) in [6, 6.07) is 1.87. The van der Waals surface area contributed by atoms with Gasteiger partial charge in [-0.1, -0.05) is 6.92 Å². The first-order valence-electron chi connectivity index (χ1n) is 5.20. The largest absolute Gasteiger partial charge is 0.401 e. The standard InChI is InChI=1S/C10H16F3N3O/c1-3-16(8-10(11,12)13)7-9(17)15(2)6-4-5-14/h3-4,6-8H2,1-2H3. The van der Waals surface area contributed by atoms with Crippen LogP contribution in [0.3, 0.4) is 0 Å². The molecule has 0 aliphatic carbocycles. The fourth-order valence-corrected chi connectivity index (χ4v) is 1.19. The number of carbonyl (C=O) groups is 1. The zero-order valence-corrected chi connectivity index (χ0v) is 9.92. The average molecular weight is 251 g/mol. The zero-order valence-electron chi connectivity index (χ0n) is 9.92. The summed E-state index contributed by atoms with van der Waals surface area (Å²) in [4.78, 5) is 13.8. The molecule has 0 aromatic rings. The Hall–Kier alpha value is -1.29. The Morgan fingerprint density at radius 1 is 1.41 bits per heavy atom. The molecule has 0 spiro atoms. The van der Waals surface area contributed by atoms with Crippen molar-refractivity contribution in [2.45, 2.75) is 19.5 Å². The molecule has 0 aliphatic rings. The first kappa shape index (κ1) is 15.7. The Morgan fingerprint density at radius 3 is 2.41 bits per heavy atom. The van der Waals surface area contributed by atoms with Crippen LogP contribution in [0.2, 0.25) is 0 Å². The number of nitrogens with zero attached hydrogens (tertiary/aromatic N) is 3. The van der Waals surface area contributed by atoms with Crippen LogP contribution in [0.5, 0.6) is 0 Å². The number of likely N-dealkylation sites (N-methyl/N-ethyl adjacent to an activating group) is 2. The van der Waals surface area contributed by atoms with Crippen LogP contribution in [0.15, 0.2) is 0 Å². The van der Waals surface area contributed by atoms with Gasteiger partial charge in [-0.15, -0.1) is 0 Å². The molecule has 0 saturated heterocycles. The molecule has 1 amide bonds. The van der Waals surface area contributed by atoms with Gasteiger partial charge in [-0.3, -0.25) is 9.69 Å². The molecular formula is C10H16F3N3O. The maximum atomic E-state index is 12.1. The highest BCUT2D eigenvalue weighted by Gasteiger charge is 2.31. The van der Waals surface area contributed by atoms with Gasteiger partial charge in [0.1, 0.15) is 0 Å². The number of nitriles is 1. The van der Waals surface area contributed by atoms with E-state index in [9.17, 15) is 18.0 Å². The first-order valence-corrected chi connectivity index (χ1v) is 5.20. The molecule has 0 saturated carbocycles. The normalized spacial score (nSPS) is 11.4. The smallest absolute Gasteiger partial charge is 0.344 e.